The van der Waals surface area contributed by atoms with Crippen molar-refractivity contribution < 1.29 is 13.2 Å². The first-order chi connectivity index (χ1) is 15.1. The standard InChI is InChI=1S/C22H23F3N6O/c1-11(13-6-5-7-16(19(13)23)22(24,25)10-26)27-20-15-9-18-17(30(3)21(32)31(18)4)8-14(15)12(2)28-29-20/h5-9,11H,10,26H2,1-4H3,(H,27,29)/t11-/m1/s1. The van der Waals surface area contributed by atoms with Gasteiger partial charge in [-0.05, 0) is 26.0 Å². The average molecular weight is 444 g/mol. The first kappa shape index (κ1) is 21.8. The van der Waals surface area contributed by atoms with Crippen LogP contribution < -0.4 is 16.7 Å². The third kappa shape index (κ3) is 3.31. The van der Waals surface area contributed by atoms with E-state index in [2.05, 4.69) is 15.5 Å². The van der Waals surface area contributed by atoms with Crippen molar-refractivity contribution in [2.45, 2.75) is 25.8 Å². The number of nitrogens with one attached hydrogen (secondary N) is 1. The number of nitrogens with zero attached hydrogens (tertiary/aromatic N) is 4. The van der Waals surface area contributed by atoms with Crippen LogP contribution in [0.1, 0.15) is 29.8 Å². The molecule has 0 amide bonds. The zero-order chi connectivity index (χ0) is 23.4. The van der Waals surface area contributed by atoms with E-state index in [9.17, 15) is 18.0 Å². The van der Waals surface area contributed by atoms with Crippen LogP contribution in [0.15, 0.2) is 35.1 Å². The Balaban J connectivity index is 1.83. The van der Waals surface area contributed by atoms with Crippen molar-refractivity contribution in [3.8, 4) is 0 Å². The molecule has 0 unspecified atom stereocenters. The fourth-order valence-corrected chi connectivity index (χ4v) is 3.94. The summed E-state index contributed by atoms with van der Waals surface area (Å²) in [7, 11) is 3.36. The Morgan fingerprint density at radius 3 is 2.38 bits per heavy atom. The summed E-state index contributed by atoms with van der Waals surface area (Å²) in [6, 6.07) is 6.82. The lowest BCUT2D eigenvalue weighted by atomic mass is 10.00. The molecule has 4 aromatic rings. The van der Waals surface area contributed by atoms with Gasteiger partial charge in [0.1, 0.15) is 5.82 Å². The van der Waals surface area contributed by atoms with Crippen LogP contribution in [0.3, 0.4) is 0 Å². The minimum absolute atomic E-state index is 0.0549. The molecule has 0 aliphatic heterocycles. The third-order valence-electron chi connectivity index (χ3n) is 5.85. The summed E-state index contributed by atoms with van der Waals surface area (Å²) >= 11 is 0. The van der Waals surface area contributed by atoms with Crippen LogP contribution in [0, 0.1) is 12.7 Å². The zero-order valence-electron chi connectivity index (χ0n) is 18.1. The maximum atomic E-state index is 14.9. The van der Waals surface area contributed by atoms with Gasteiger partial charge in [-0.1, -0.05) is 18.2 Å². The topological polar surface area (TPSA) is 90.8 Å². The molecule has 0 radical (unpaired) electrons. The number of alkyl halides is 2. The molecule has 4 rings (SSSR count). The molecule has 0 spiro atoms. The first-order valence-electron chi connectivity index (χ1n) is 10.0. The van der Waals surface area contributed by atoms with Crippen molar-refractivity contribution in [2.75, 3.05) is 11.9 Å². The fourth-order valence-electron chi connectivity index (χ4n) is 3.94. The first-order valence-corrected chi connectivity index (χ1v) is 10.0. The van der Waals surface area contributed by atoms with E-state index in [4.69, 9.17) is 5.73 Å². The second-order valence-electron chi connectivity index (χ2n) is 7.90. The largest absolute Gasteiger partial charge is 0.361 e. The van der Waals surface area contributed by atoms with Crippen LogP contribution in [0.4, 0.5) is 19.0 Å². The molecule has 0 aliphatic carbocycles. The molecule has 3 N–H and O–H groups in total. The SMILES string of the molecule is Cc1nnc(N[C@H](C)c2cccc(C(F)(F)CN)c2F)c2cc3c(cc12)n(C)c(=O)n3C. The van der Waals surface area contributed by atoms with Crippen LogP contribution >= 0.6 is 0 Å². The number of anilines is 1. The monoisotopic (exact) mass is 444 g/mol. The summed E-state index contributed by atoms with van der Waals surface area (Å²) in [5.74, 6) is -4.13. The molecule has 32 heavy (non-hydrogen) atoms. The van der Waals surface area contributed by atoms with Crippen molar-refractivity contribution in [1.29, 1.82) is 0 Å². The molecule has 2 aromatic carbocycles. The number of aryl methyl sites for hydroxylation is 3. The second kappa shape index (κ2) is 7.63. The fraction of sp³-hybridized carbons (Fsp3) is 0.318. The molecular formula is C22H23F3N6O. The van der Waals surface area contributed by atoms with Crippen molar-refractivity contribution in [3.63, 3.8) is 0 Å². The number of benzene rings is 2. The van der Waals surface area contributed by atoms with Gasteiger partial charge in [-0.15, -0.1) is 5.10 Å². The molecule has 7 nitrogen and oxygen atoms in total. The van der Waals surface area contributed by atoms with Gasteiger partial charge in [0.2, 0.25) is 0 Å². The average Bonchev–Trinajstić information content (AvgIpc) is 2.98. The summed E-state index contributed by atoms with van der Waals surface area (Å²) in [6.45, 7) is 2.45. The van der Waals surface area contributed by atoms with E-state index >= 15 is 0 Å². The summed E-state index contributed by atoms with van der Waals surface area (Å²) in [4.78, 5) is 12.3. The van der Waals surface area contributed by atoms with E-state index in [1.54, 1.807) is 32.5 Å². The van der Waals surface area contributed by atoms with Crippen molar-refractivity contribution in [3.05, 3.63) is 63.5 Å². The number of imidazole rings is 1. The molecule has 1 atom stereocenters. The molecule has 0 saturated heterocycles. The molecule has 10 heteroatoms. The second-order valence-corrected chi connectivity index (χ2v) is 7.90. The summed E-state index contributed by atoms with van der Waals surface area (Å²) in [5, 5.41) is 12.9. The molecule has 0 bridgehead atoms. The Hall–Kier alpha value is -3.40. The molecule has 168 valence electrons. The number of hydrogen-bond acceptors (Lipinski definition) is 5. The van der Waals surface area contributed by atoms with Crippen LogP contribution in [-0.4, -0.2) is 25.9 Å². The summed E-state index contributed by atoms with van der Waals surface area (Å²) in [6.07, 6.45) is 0. The molecule has 0 saturated carbocycles. The minimum atomic E-state index is -3.47. The Morgan fingerprint density at radius 2 is 1.75 bits per heavy atom. The Kier molecular flexibility index (Phi) is 5.20. The normalized spacial score (nSPS) is 13.1. The van der Waals surface area contributed by atoms with Gasteiger partial charge in [-0.2, -0.15) is 13.9 Å². The summed E-state index contributed by atoms with van der Waals surface area (Å²) < 4.78 is 46.1. The Morgan fingerprint density at radius 1 is 1.12 bits per heavy atom. The van der Waals surface area contributed by atoms with Gasteiger partial charge in [0.05, 0.1) is 34.9 Å². The quantitative estimate of drug-likeness (QED) is 0.492. The maximum Gasteiger partial charge on any atom is 0.328 e. The predicted octanol–water partition coefficient (Wildman–Crippen LogP) is 3.49. The molecular weight excluding hydrogens is 421 g/mol. The van der Waals surface area contributed by atoms with Crippen LogP contribution in [0.2, 0.25) is 0 Å². The Bertz CT molecular complexity index is 1410. The molecule has 2 aromatic heterocycles. The number of fused-ring (bicyclic) bond motifs is 2. The van der Waals surface area contributed by atoms with Gasteiger partial charge < -0.3 is 11.1 Å². The van der Waals surface area contributed by atoms with E-state index in [-0.39, 0.29) is 11.3 Å². The molecule has 0 aliphatic rings. The van der Waals surface area contributed by atoms with Gasteiger partial charge in [0.15, 0.2) is 5.82 Å². The summed E-state index contributed by atoms with van der Waals surface area (Å²) in [5.41, 5.74) is 6.36. The lowest BCUT2D eigenvalue weighted by molar-refractivity contribution is 0.00221. The number of nitrogens with two attached hydrogens (primary N) is 1. The van der Waals surface area contributed by atoms with Crippen LogP contribution in [-0.2, 0) is 20.0 Å². The number of hydrogen-bond donors (Lipinski definition) is 2. The highest BCUT2D eigenvalue weighted by atomic mass is 19.3. The number of halogens is 3. The molecule has 0 fully saturated rings. The van der Waals surface area contributed by atoms with Crippen LogP contribution in [0.5, 0.6) is 0 Å². The smallest absolute Gasteiger partial charge is 0.328 e. The highest BCUT2D eigenvalue weighted by Gasteiger charge is 2.34. The molecule has 2 heterocycles. The Labute approximate surface area is 181 Å². The van der Waals surface area contributed by atoms with E-state index in [0.29, 0.717) is 22.4 Å². The lowest BCUT2D eigenvalue weighted by Gasteiger charge is -2.21. The van der Waals surface area contributed by atoms with Crippen LogP contribution in [0.25, 0.3) is 21.8 Å². The van der Waals surface area contributed by atoms with Gasteiger partial charge in [-0.25, -0.2) is 9.18 Å². The van der Waals surface area contributed by atoms with E-state index in [1.165, 1.54) is 16.7 Å². The minimum Gasteiger partial charge on any atom is -0.361 e. The predicted molar refractivity (Wildman–Crippen MR) is 117 cm³/mol. The highest BCUT2D eigenvalue weighted by Crippen LogP contribution is 2.34. The highest BCUT2D eigenvalue weighted by molar-refractivity contribution is 6.01. The number of aromatic nitrogens is 4. The van der Waals surface area contributed by atoms with Crippen molar-refractivity contribution in [1.82, 2.24) is 19.3 Å². The van der Waals surface area contributed by atoms with Gasteiger partial charge >= 0.3 is 5.69 Å². The lowest BCUT2D eigenvalue weighted by Crippen LogP contribution is -2.27. The van der Waals surface area contributed by atoms with E-state index < -0.39 is 29.9 Å². The van der Waals surface area contributed by atoms with Crippen molar-refractivity contribution >= 4 is 27.6 Å². The van der Waals surface area contributed by atoms with E-state index in [1.807, 2.05) is 12.1 Å². The third-order valence-corrected chi connectivity index (χ3v) is 5.85. The maximum absolute atomic E-state index is 14.9. The number of rotatable bonds is 5. The van der Waals surface area contributed by atoms with Crippen molar-refractivity contribution in [2.24, 2.45) is 19.8 Å². The van der Waals surface area contributed by atoms with Gasteiger partial charge in [-0.3, -0.25) is 9.13 Å². The van der Waals surface area contributed by atoms with Gasteiger partial charge in [0.25, 0.3) is 5.92 Å². The zero-order valence-corrected chi connectivity index (χ0v) is 18.1. The van der Waals surface area contributed by atoms with E-state index in [0.717, 1.165) is 17.0 Å². The van der Waals surface area contributed by atoms with Gasteiger partial charge in [0, 0.05) is 30.4 Å².